The fourth-order valence-electron chi connectivity index (χ4n) is 2.54. The molecule has 0 saturated heterocycles. The van der Waals surface area contributed by atoms with Crippen LogP contribution in [0.15, 0.2) is 47.7 Å². The SMILES string of the molecule is NC(C=O)Cc1c[nH]c2c1C=CC(=NNc1ccccc1)C2O. The van der Waals surface area contributed by atoms with Crippen LogP contribution in [0.1, 0.15) is 22.9 Å². The number of aliphatic hydroxyl groups excluding tert-OH is 1. The van der Waals surface area contributed by atoms with Gasteiger partial charge in [-0.1, -0.05) is 24.3 Å². The molecule has 1 aliphatic rings. The summed E-state index contributed by atoms with van der Waals surface area (Å²) < 4.78 is 0. The number of carbonyl (C=O) groups is 1. The number of nitrogens with one attached hydrogen (secondary N) is 2. The van der Waals surface area contributed by atoms with Crippen molar-refractivity contribution in [1.82, 2.24) is 4.98 Å². The number of aldehydes is 1. The number of aromatic amines is 1. The van der Waals surface area contributed by atoms with Crippen LogP contribution in [0.5, 0.6) is 0 Å². The van der Waals surface area contributed by atoms with Crippen molar-refractivity contribution in [2.75, 3.05) is 5.43 Å². The van der Waals surface area contributed by atoms with E-state index in [4.69, 9.17) is 5.73 Å². The summed E-state index contributed by atoms with van der Waals surface area (Å²) >= 11 is 0. The maximum Gasteiger partial charge on any atom is 0.138 e. The maximum absolute atomic E-state index is 10.7. The quantitative estimate of drug-likeness (QED) is 0.497. The van der Waals surface area contributed by atoms with Crippen molar-refractivity contribution in [3.05, 3.63) is 59.4 Å². The Morgan fingerprint density at radius 3 is 2.87 bits per heavy atom. The molecule has 0 spiro atoms. The molecule has 2 unspecified atom stereocenters. The van der Waals surface area contributed by atoms with E-state index in [9.17, 15) is 9.90 Å². The van der Waals surface area contributed by atoms with Crippen molar-refractivity contribution in [2.45, 2.75) is 18.6 Å². The highest BCUT2D eigenvalue weighted by Crippen LogP contribution is 2.28. The third-order valence-corrected chi connectivity index (χ3v) is 3.73. The van der Waals surface area contributed by atoms with E-state index in [0.717, 1.165) is 23.1 Å². The predicted molar refractivity (Wildman–Crippen MR) is 90.0 cm³/mol. The van der Waals surface area contributed by atoms with Crippen LogP contribution in [-0.4, -0.2) is 28.1 Å². The highest BCUT2D eigenvalue weighted by Gasteiger charge is 2.24. The Balaban J connectivity index is 1.80. The molecule has 1 aromatic carbocycles. The molecule has 1 aliphatic carbocycles. The van der Waals surface area contributed by atoms with Gasteiger partial charge in [0, 0.05) is 11.8 Å². The molecule has 23 heavy (non-hydrogen) atoms. The lowest BCUT2D eigenvalue weighted by Crippen LogP contribution is -2.24. The van der Waals surface area contributed by atoms with Gasteiger partial charge in [0.1, 0.15) is 12.4 Å². The Morgan fingerprint density at radius 2 is 2.13 bits per heavy atom. The Kier molecular flexibility index (Phi) is 4.36. The van der Waals surface area contributed by atoms with Crippen molar-refractivity contribution >= 4 is 23.8 Å². The van der Waals surface area contributed by atoms with Crippen LogP contribution in [0.25, 0.3) is 6.08 Å². The topological polar surface area (TPSA) is 104 Å². The van der Waals surface area contributed by atoms with Crippen molar-refractivity contribution in [1.29, 1.82) is 0 Å². The largest absolute Gasteiger partial charge is 0.380 e. The minimum absolute atomic E-state index is 0.432. The molecule has 6 nitrogen and oxygen atoms in total. The molecule has 2 atom stereocenters. The number of nitrogens with zero attached hydrogens (tertiary/aromatic N) is 1. The second-order valence-electron chi connectivity index (χ2n) is 5.40. The number of hydrazone groups is 1. The first-order valence-corrected chi connectivity index (χ1v) is 7.35. The monoisotopic (exact) mass is 310 g/mol. The Labute approximate surface area is 133 Å². The Bertz CT molecular complexity index is 749. The van der Waals surface area contributed by atoms with Crippen LogP contribution < -0.4 is 11.2 Å². The normalized spacial score (nSPS) is 19.4. The van der Waals surface area contributed by atoms with Gasteiger partial charge in [-0.05, 0) is 30.2 Å². The second-order valence-corrected chi connectivity index (χ2v) is 5.40. The molecular formula is C17H18N4O2. The van der Waals surface area contributed by atoms with E-state index < -0.39 is 12.1 Å². The van der Waals surface area contributed by atoms with Crippen LogP contribution >= 0.6 is 0 Å². The molecule has 1 heterocycles. The number of para-hydroxylation sites is 1. The van der Waals surface area contributed by atoms with Gasteiger partial charge in [-0.3, -0.25) is 5.43 Å². The number of nitrogens with two attached hydrogens (primary N) is 1. The highest BCUT2D eigenvalue weighted by atomic mass is 16.3. The van der Waals surface area contributed by atoms with Gasteiger partial charge in [0.05, 0.1) is 23.1 Å². The number of carbonyl (C=O) groups excluding carboxylic acids is 1. The second kappa shape index (κ2) is 6.60. The molecule has 0 aliphatic heterocycles. The summed E-state index contributed by atoms with van der Waals surface area (Å²) in [5.74, 6) is 0. The minimum atomic E-state index is -0.854. The smallest absolute Gasteiger partial charge is 0.138 e. The van der Waals surface area contributed by atoms with Crippen LogP contribution in [0.4, 0.5) is 5.69 Å². The van der Waals surface area contributed by atoms with Gasteiger partial charge in [-0.15, -0.1) is 0 Å². The van der Waals surface area contributed by atoms with Crippen LogP contribution in [-0.2, 0) is 11.2 Å². The van der Waals surface area contributed by atoms with Crippen molar-refractivity contribution < 1.29 is 9.90 Å². The molecule has 1 aromatic heterocycles. The summed E-state index contributed by atoms with van der Waals surface area (Å²) in [6, 6.07) is 8.96. The zero-order valence-corrected chi connectivity index (χ0v) is 12.4. The maximum atomic E-state index is 10.7. The number of aliphatic hydroxyl groups is 1. The first-order chi connectivity index (χ1) is 11.2. The molecule has 0 bridgehead atoms. The van der Waals surface area contributed by atoms with E-state index in [1.807, 2.05) is 36.4 Å². The van der Waals surface area contributed by atoms with E-state index in [2.05, 4.69) is 15.5 Å². The van der Waals surface area contributed by atoms with Crippen molar-refractivity contribution in [2.24, 2.45) is 10.8 Å². The molecular weight excluding hydrogens is 292 g/mol. The van der Waals surface area contributed by atoms with Crippen molar-refractivity contribution in [3.8, 4) is 0 Å². The number of hydrogen-bond acceptors (Lipinski definition) is 5. The summed E-state index contributed by atoms with van der Waals surface area (Å²) in [6.45, 7) is 0. The van der Waals surface area contributed by atoms with E-state index in [-0.39, 0.29) is 0 Å². The Hall–Kier alpha value is -2.70. The van der Waals surface area contributed by atoms with Crippen molar-refractivity contribution in [3.63, 3.8) is 0 Å². The highest BCUT2D eigenvalue weighted by molar-refractivity contribution is 6.05. The first-order valence-electron chi connectivity index (χ1n) is 7.35. The van der Waals surface area contributed by atoms with Crippen LogP contribution in [0.3, 0.4) is 0 Å². The van der Waals surface area contributed by atoms with Crippen LogP contribution in [0, 0.1) is 0 Å². The van der Waals surface area contributed by atoms with Gasteiger partial charge < -0.3 is 20.6 Å². The molecule has 2 aromatic rings. The fourth-order valence-corrected chi connectivity index (χ4v) is 2.54. The molecule has 3 rings (SSSR count). The van der Waals surface area contributed by atoms with Gasteiger partial charge >= 0.3 is 0 Å². The molecule has 118 valence electrons. The molecule has 0 saturated carbocycles. The van der Waals surface area contributed by atoms with E-state index in [0.29, 0.717) is 17.8 Å². The number of fused-ring (bicyclic) bond motifs is 1. The summed E-state index contributed by atoms with van der Waals surface area (Å²) in [6.07, 6.45) is 5.70. The molecule has 6 heteroatoms. The predicted octanol–water partition coefficient (Wildman–Crippen LogP) is 1.61. The zero-order valence-electron chi connectivity index (χ0n) is 12.4. The van der Waals surface area contributed by atoms with E-state index >= 15 is 0 Å². The third kappa shape index (κ3) is 3.23. The molecule has 0 radical (unpaired) electrons. The lowest BCUT2D eigenvalue weighted by molar-refractivity contribution is -0.108. The van der Waals surface area contributed by atoms with Gasteiger partial charge in [0.2, 0.25) is 0 Å². The zero-order chi connectivity index (χ0) is 16.2. The molecule has 0 amide bonds. The summed E-state index contributed by atoms with van der Waals surface area (Å²) in [7, 11) is 0. The molecule has 0 fully saturated rings. The number of rotatable bonds is 5. The minimum Gasteiger partial charge on any atom is -0.380 e. The third-order valence-electron chi connectivity index (χ3n) is 3.73. The van der Waals surface area contributed by atoms with Gasteiger partial charge in [-0.2, -0.15) is 5.10 Å². The van der Waals surface area contributed by atoms with Gasteiger partial charge in [0.25, 0.3) is 0 Å². The summed E-state index contributed by atoms with van der Waals surface area (Å²) in [5, 5.41) is 14.7. The van der Waals surface area contributed by atoms with Crippen LogP contribution in [0.2, 0.25) is 0 Å². The standard InChI is InChI=1S/C17H18N4O2/c18-12(10-22)8-11-9-19-16-14(11)6-7-15(17(16)23)21-20-13-4-2-1-3-5-13/h1-7,9-10,12,17,19-20,23H,8,18H2. The number of anilines is 1. The number of aromatic nitrogens is 1. The van der Waals surface area contributed by atoms with E-state index in [1.54, 1.807) is 12.3 Å². The lowest BCUT2D eigenvalue weighted by Gasteiger charge is -2.16. The average molecular weight is 310 g/mol. The fraction of sp³-hybridized carbons (Fsp3) is 0.176. The molecule has 5 N–H and O–H groups in total. The average Bonchev–Trinajstić information content (AvgIpc) is 2.99. The van der Waals surface area contributed by atoms with E-state index in [1.165, 1.54) is 0 Å². The van der Waals surface area contributed by atoms with Gasteiger partial charge in [0.15, 0.2) is 0 Å². The lowest BCUT2D eigenvalue weighted by atomic mass is 9.95. The Morgan fingerprint density at radius 1 is 1.35 bits per heavy atom. The first kappa shape index (κ1) is 15.2. The number of benzene rings is 1. The van der Waals surface area contributed by atoms with Gasteiger partial charge in [-0.25, -0.2) is 0 Å². The number of H-pyrrole nitrogens is 1. The summed E-state index contributed by atoms with van der Waals surface area (Å²) in [4.78, 5) is 13.8. The summed E-state index contributed by atoms with van der Waals surface area (Å²) in [5.41, 5.74) is 12.4. The number of hydrogen-bond donors (Lipinski definition) is 4.